The molecule has 128 valence electrons. The van der Waals surface area contributed by atoms with Gasteiger partial charge in [0, 0.05) is 45.4 Å². The summed E-state index contributed by atoms with van der Waals surface area (Å²) in [4.78, 5) is 33.9. The topological polar surface area (TPSA) is 88.1 Å². The monoisotopic (exact) mass is 334 g/mol. The van der Waals surface area contributed by atoms with Crippen LogP contribution >= 0.6 is 0 Å². The SMILES string of the molecule is COC1C=C(OC(C)=O)Cc2c(OC(C)=O)ccc(OC(C)=O)c21. The van der Waals surface area contributed by atoms with Gasteiger partial charge in [0.15, 0.2) is 0 Å². The van der Waals surface area contributed by atoms with Crippen molar-refractivity contribution < 1.29 is 33.3 Å². The number of esters is 3. The van der Waals surface area contributed by atoms with Crippen LogP contribution < -0.4 is 9.47 Å². The molecule has 7 nitrogen and oxygen atoms in total. The van der Waals surface area contributed by atoms with E-state index in [1.807, 2.05) is 0 Å². The van der Waals surface area contributed by atoms with Crippen molar-refractivity contribution in [2.75, 3.05) is 7.11 Å². The molecule has 2 rings (SSSR count). The van der Waals surface area contributed by atoms with Gasteiger partial charge in [0.1, 0.15) is 23.4 Å². The highest BCUT2D eigenvalue weighted by Crippen LogP contribution is 2.42. The van der Waals surface area contributed by atoms with Crippen LogP contribution in [0.25, 0.3) is 0 Å². The van der Waals surface area contributed by atoms with Crippen LogP contribution in [0.3, 0.4) is 0 Å². The quantitative estimate of drug-likeness (QED) is 0.616. The number of hydrogen-bond donors (Lipinski definition) is 0. The Morgan fingerprint density at radius 2 is 1.46 bits per heavy atom. The largest absolute Gasteiger partial charge is 0.431 e. The summed E-state index contributed by atoms with van der Waals surface area (Å²) in [5.41, 5.74) is 1.12. The molecule has 0 N–H and O–H groups in total. The number of hydrogen-bond acceptors (Lipinski definition) is 7. The van der Waals surface area contributed by atoms with E-state index in [1.54, 1.807) is 6.08 Å². The third-order valence-electron chi connectivity index (χ3n) is 3.28. The average Bonchev–Trinajstić information content (AvgIpc) is 2.47. The first-order valence-electron chi connectivity index (χ1n) is 7.26. The van der Waals surface area contributed by atoms with Crippen LogP contribution in [0.2, 0.25) is 0 Å². The highest BCUT2D eigenvalue weighted by molar-refractivity contribution is 5.73. The molecule has 0 fully saturated rings. The summed E-state index contributed by atoms with van der Waals surface area (Å²) in [6, 6.07) is 3.07. The van der Waals surface area contributed by atoms with Gasteiger partial charge in [-0.05, 0) is 18.2 Å². The summed E-state index contributed by atoms with van der Waals surface area (Å²) >= 11 is 0. The Hall–Kier alpha value is -2.67. The summed E-state index contributed by atoms with van der Waals surface area (Å²) in [6.07, 6.45) is 1.20. The molecule has 24 heavy (non-hydrogen) atoms. The van der Waals surface area contributed by atoms with E-state index in [2.05, 4.69) is 0 Å². The van der Waals surface area contributed by atoms with E-state index in [1.165, 1.54) is 40.0 Å². The first-order chi connectivity index (χ1) is 11.3. The lowest BCUT2D eigenvalue weighted by atomic mass is 9.91. The predicted octanol–water partition coefficient (Wildman–Crippen LogP) is 2.23. The van der Waals surface area contributed by atoms with Crippen LogP contribution in [0.5, 0.6) is 11.5 Å². The zero-order valence-electron chi connectivity index (χ0n) is 13.9. The molecule has 0 spiro atoms. The van der Waals surface area contributed by atoms with E-state index < -0.39 is 24.0 Å². The second kappa shape index (κ2) is 7.27. The van der Waals surface area contributed by atoms with Crippen LogP contribution in [0.1, 0.15) is 38.0 Å². The molecule has 0 radical (unpaired) electrons. The summed E-state index contributed by atoms with van der Waals surface area (Å²) < 4.78 is 21.0. The Labute approximate surface area is 139 Å². The minimum Gasteiger partial charge on any atom is -0.431 e. The number of benzene rings is 1. The standard InChI is InChI=1S/C17H18O7/c1-9(18)22-12-7-13-14(23-10(2)19)5-6-15(24-11(3)20)17(13)16(8-12)21-4/h5-6,8,16H,7H2,1-4H3. The van der Waals surface area contributed by atoms with Crippen molar-refractivity contribution in [3.8, 4) is 11.5 Å². The van der Waals surface area contributed by atoms with E-state index >= 15 is 0 Å². The lowest BCUT2D eigenvalue weighted by molar-refractivity contribution is -0.137. The fourth-order valence-electron chi connectivity index (χ4n) is 2.54. The molecule has 0 aromatic heterocycles. The average molecular weight is 334 g/mol. The van der Waals surface area contributed by atoms with Gasteiger partial charge in [-0.25, -0.2) is 0 Å². The molecule has 1 atom stereocenters. The Bertz CT molecular complexity index is 718. The third-order valence-corrected chi connectivity index (χ3v) is 3.28. The Balaban J connectivity index is 2.56. The van der Waals surface area contributed by atoms with Gasteiger partial charge in [0.05, 0.1) is 0 Å². The van der Waals surface area contributed by atoms with Crippen LogP contribution in [-0.4, -0.2) is 25.0 Å². The number of allylic oxidation sites excluding steroid dienone is 1. The number of methoxy groups -OCH3 is 1. The molecule has 7 heteroatoms. The highest BCUT2D eigenvalue weighted by Gasteiger charge is 2.29. The summed E-state index contributed by atoms with van der Waals surface area (Å²) in [6.45, 7) is 3.86. The van der Waals surface area contributed by atoms with Crippen molar-refractivity contribution in [3.63, 3.8) is 0 Å². The van der Waals surface area contributed by atoms with Crippen molar-refractivity contribution in [1.29, 1.82) is 0 Å². The van der Waals surface area contributed by atoms with Gasteiger partial charge in [-0.3, -0.25) is 14.4 Å². The lowest BCUT2D eigenvalue weighted by Crippen LogP contribution is -2.18. The second-order valence-corrected chi connectivity index (χ2v) is 5.20. The van der Waals surface area contributed by atoms with Crippen molar-refractivity contribution in [3.05, 3.63) is 35.1 Å². The smallest absolute Gasteiger partial charge is 0.308 e. The van der Waals surface area contributed by atoms with Gasteiger partial charge in [-0.2, -0.15) is 0 Å². The van der Waals surface area contributed by atoms with Crippen molar-refractivity contribution in [2.45, 2.75) is 33.3 Å². The van der Waals surface area contributed by atoms with Crippen molar-refractivity contribution in [2.24, 2.45) is 0 Å². The van der Waals surface area contributed by atoms with Crippen LogP contribution in [0.15, 0.2) is 24.0 Å². The number of carbonyl (C=O) groups excluding carboxylic acids is 3. The van der Waals surface area contributed by atoms with Crippen LogP contribution in [0.4, 0.5) is 0 Å². The number of fused-ring (bicyclic) bond motifs is 1. The minimum absolute atomic E-state index is 0.201. The summed E-state index contributed by atoms with van der Waals surface area (Å²) in [7, 11) is 1.47. The van der Waals surface area contributed by atoms with Gasteiger partial charge in [0.2, 0.25) is 0 Å². The number of carbonyl (C=O) groups is 3. The maximum absolute atomic E-state index is 11.3. The molecule has 0 saturated carbocycles. The highest BCUT2D eigenvalue weighted by atomic mass is 16.5. The first kappa shape index (κ1) is 17.7. The third kappa shape index (κ3) is 3.99. The number of ether oxygens (including phenoxy) is 4. The zero-order chi connectivity index (χ0) is 17.9. The van der Waals surface area contributed by atoms with Gasteiger partial charge in [-0.1, -0.05) is 0 Å². The molecule has 0 bridgehead atoms. The van der Waals surface area contributed by atoms with Crippen molar-refractivity contribution >= 4 is 17.9 Å². The number of rotatable bonds is 4. The van der Waals surface area contributed by atoms with Gasteiger partial charge in [-0.15, -0.1) is 0 Å². The Morgan fingerprint density at radius 3 is 2.00 bits per heavy atom. The van der Waals surface area contributed by atoms with Gasteiger partial charge < -0.3 is 18.9 Å². The van der Waals surface area contributed by atoms with Crippen molar-refractivity contribution in [1.82, 2.24) is 0 Å². The molecule has 1 aromatic carbocycles. The molecular formula is C17H18O7. The first-order valence-corrected chi connectivity index (χ1v) is 7.26. The molecule has 0 heterocycles. The summed E-state index contributed by atoms with van der Waals surface area (Å²) in [5.74, 6) is -0.469. The van der Waals surface area contributed by atoms with Gasteiger partial charge >= 0.3 is 17.9 Å². The van der Waals surface area contributed by atoms with Crippen LogP contribution in [-0.2, 0) is 30.3 Å². The Kier molecular flexibility index (Phi) is 5.35. The second-order valence-electron chi connectivity index (χ2n) is 5.20. The molecule has 1 aromatic rings. The normalized spacial score (nSPS) is 15.8. The van der Waals surface area contributed by atoms with Gasteiger partial charge in [0.25, 0.3) is 0 Å². The minimum atomic E-state index is -0.618. The molecule has 1 unspecified atom stereocenters. The predicted molar refractivity (Wildman–Crippen MR) is 82.4 cm³/mol. The molecule has 0 aliphatic heterocycles. The van der Waals surface area contributed by atoms with E-state index in [-0.39, 0.29) is 6.42 Å². The fourth-order valence-corrected chi connectivity index (χ4v) is 2.54. The maximum atomic E-state index is 11.3. The molecule has 1 aliphatic rings. The molecule has 0 saturated heterocycles. The lowest BCUT2D eigenvalue weighted by Gasteiger charge is -2.26. The zero-order valence-corrected chi connectivity index (χ0v) is 13.9. The van der Waals surface area contributed by atoms with E-state index in [0.29, 0.717) is 28.4 Å². The van der Waals surface area contributed by atoms with E-state index in [4.69, 9.17) is 18.9 Å². The van der Waals surface area contributed by atoms with E-state index in [9.17, 15) is 14.4 Å². The van der Waals surface area contributed by atoms with Crippen LogP contribution in [0, 0.1) is 0 Å². The summed E-state index contributed by atoms with van der Waals surface area (Å²) in [5, 5.41) is 0. The maximum Gasteiger partial charge on any atom is 0.308 e. The molecule has 0 amide bonds. The van der Waals surface area contributed by atoms with E-state index in [0.717, 1.165) is 0 Å². The Morgan fingerprint density at radius 1 is 0.917 bits per heavy atom. The molecule has 1 aliphatic carbocycles. The fraction of sp³-hybridized carbons (Fsp3) is 0.353. The molecular weight excluding hydrogens is 316 g/mol.